The lowest BCUT2D eigenvalue weighted by Gasteiger charge is -2.27. The maximum Gasteiger partial charge on any atom is 0.128 e. The number of piperidine rings is 1. The number of anilines is 1. The molecule has 1 aliphatic rings. The number of hydrogen-bond acceptors (Lipinski definition) is 4. The first kappa shape index (κ1) is 29.5. The van der Waals surface area contributed by atoms with Crippen molar-refractivity contribution in [1.82, 2.24) is 10.3 Å². The molecule has 36 heavy (non-hydrogen) atoms. The summed E-state index contributed by atoms with van der Waals surface area (Å²) in [4.78, 5) is 9.56. The molecule has 1 aliphatic heterocycles. The van der Waals surface area contributed by atoms with Gasteiger partial charge in [0, 0.05) is 36.4 Å². The van der Waals surface area contributed by atoms with Gasteiger partial charge in [-0.2, -0.15) is 0 Å². The minimum Gasteiger partial charge on any atom is -0.389 e. The van der Waals surface area contributed by atoms with Crippen molar-refractivity contribution in [3.8, 4) is 0 Å². The molecule has 1 aromatic heterocycles. The van der Waals surface area contributed by atoms with E-state index in [1.807, 2.05) is 12.3 Å². The molecule has 0 spiro atoms. The van der Waals surface area contributed by atoms with Crippen molar-refractivity contribution in [2.24, 2.45) is 0 Å². The molecular formula is C32H45N3S. The maximum absolute atomic E-state index is 4.61. The lowest BCUT2D eigenvalue weighted by Crippen LogP contribution is -2.30. The van der Waals surface area contributed by atoms with Gasteiger partial charge >= 0.3 is 0 Å². The third-order valence-electron chi connectivity index (χ3n) is 6.37. The Morgan fingerprint density at radius 1 is 1.06 bits per heavy atom. The first-order chi connectivity index (χ1) is 17.4. The van der Waals surface area contributed by atoms with Crippen molar-refractivity contribution in [3.63, 3.8) is 0 Å². The molecule has 1 fully saturated rings. The molecule has 0 aliphatic carbocycles. The van der Waals surface area contributed by atoms with Crippen LogP contribution in [-0.4, -0.2) is 24.6 Å². The van der Waals surface area contributed by atoms with Crippen LogP contribution in [-0.2, 0) is 6.42 Å². The number of aryl methyl sites for hydroxylation is 1. The summed E-state index contributed by atoms with van der Waals surface area (Å²) in [6.45, 7) is 21.9. The van der Waals surface area contributed by atoms with Crippen molar-refractivity contribution in [2.75, 3.05) is 24.5 Å². The first-order valence-electron chi connectivity index (χ1n) is 13.2. The van der Waals surface area contributed by atoms with E-state index in [1.54, 1.807) is 11.8 Å². The molecule has 0 saturated carbocycles. The van der Waals surface area contributed by atoms with Crippen LogP contribution in [0, 0.1) is 0 Å². The van der Waals surface area contributed by atoms with Gasteiger partial charge in [0.15, 0.2) is 0 Å². The Hall–Kier alpha value is -2.72. The molecule has 4 heteroatoms. The molecule has 0 radical (unpaired) electrons. The second-order valence-electron chi connectivity index (χ2n) is 9.16. The van der Waals surface area contributed by atoms with Gasteiger partial charge < -0.3 is 10.2 Å². The highest BCUT2D eigenvalue weighted by molar-refractivity contribution is 8.06. The maximum atomic E-state index is 4.61. The van der Waals surface area contributed by atoms with E-state index in [1.165, 1.54) is 40.2 Å². The average Bonchev–Trinajstić information content (AvgIpc) is 2.92. The summed E-state index contributed by atoms with van der Waals surface area (Å²) in [5, 5.41) is 3.59. The highest BCUT2D eigenvalue weighted by Crippen LogP contribution is 2.32. The summed E-state index contributed by atoms with van der Waals surface area (Å²) in [7, 11) is 0. The number of hydrogen-bond donors (Lipinski definition) is 1. The summed E-state index contributed by atoms with van der Waals surface area (Å²) in [5.41, 5.74) is 5.66. The first-order valence-corrected chi connectivity index (χ1v) is 14.0. The predicted molar refractivity (Wildman–Crippen MR) is 162 cm³/mol. The molecule has 0 amide bonds. The fraction of sp³-hybridized carbons (Fsp3) is 0.406. The van der Waals surface area contributed by atoms with Crippen molar-refractivity contribution >= 4 is 17.6 Å². The summed E-state index contributed by atoms with van der Waals surface area (Å²) in [6.07, 6.45) is 20.6. The number of nitrogens with one attached hydrogen (secondary N) is 1. The zero-order chi connectivity index (χ0) is 26.3. The van der Waals surface area contributed by atoms with Crippen LogP contribution in [0.4, 0.5) is 5.82 Å². The smallest absolute Gasteiger partial charge is 0.128 e. The molecule has 3 nitrogen and oxygen atoms in total. The molecule has 2 rings (SSSR count). The van der Waals surface area contributed by atoms with Gasteiger partial charge in [-0.15, -0.1) is 0 Å². The SMILES string of the molecule is C=CC(=C)C(=C\C(=C/C)C(=C\C)\SC(C)=CC)/C=C(\C)NCCCc1ccnc(N2CCCCC2)c1. The molecule has 1 saturated heterocycles. The van der Waals surface area contributed by atoms with Crippen LogP contribution < -0.4 is 10.2 Å². The zero-order valence-corrected chi connectivity index (χ0v) is 23.9. The van der Waals surface area contributed by atoms with E-state index >= 15 is 0 Å². The fourth-order valence-electron chi connectivity index (χ4n) is 4.10. The standard InChI is InChI=1S/C32H45N3S/c1-8-25(5)30(24-29(10-3)31(11-4)36-27(7)9-2)22-26(6)33-18-15-16-28-17-19-34-32(23-28)35-20-13-12-14-21-35/h8-11,17,19,22-24,33H,1,5,12-16,18,20-21H2,2-4,6-7H3/b26-22+,27-9?,29-10+,30-24-,31-11-. The normalized spacial score (nSPS) is 16.2. The van der Waals surface area contributed by atoms with Gasteiger partial charge in [-0.05, 0) is 118 Å². The van der Waals surface area contributed by atoms with E-state index in [2.05, 4.69) is 105 Å². The van der Waals surface area contributed by atoms with E-state index in [-0.39, 0.29) is 0 Å². The van der Waals surface area contributed by atoms with Crippen molar-refractivity contribution in [3.05, 3.63) is 106 Å². The molecule has 1 aromatic rings. The van der Waals surface area contributed by atoms with Crippen LogP contribution in [0.2, 0.25) is 0 Å². The third kappa shape index (κ3) is 9.73. The zero-order valence-electron chi connectivity index (χ0n) is 23.1. The number of pyridine rings is 1. The van der Waals surface area contributed by atoms with Crippen LogP contribution in [0.3, 0.4) is 0 Å². The Bertz CT molecular complexity index is 1030. The molecule has 2 heterocycles. The lowest BCUT2D eigenvalue weighted by atomic mass is 10.0. The van der Waals surface area contributed by atoms with Crippen LogP contribution in [0.25, 0.3) is 0 Å². The van der Waals surface area contributed by atoms with Crippen molar-refractivity contribution in [1.29, 1.82) is 0 Å². The number of allylic oxidation sites excluding steroid dienone is 11. The molecular weight excluding hydrogens is 458 g/mol. The summed E-state index contributed by atoms with van der Waals surface area (Å²) >= 11 is 1.79. The Morgan fingerprint density at radius 2 is 1.81 bits per heavy atom. The van der Waals surface area contributed by atoms with Gasteiger partial charge in [0.2, 0.25) is 0 Å². The summed E-state index contributed by atoms with van der Waals surface area (Å²) < 4.78 is 0. The van der Waals surface area contributed by atoms with Gasteiger partial charge in [-0.1, -0.05) is 49.2 Å². The fourth-order valence-corrected chi connectivity index (χ4v) is 4.98. The van der Waals surface area contributed by atoms with Gasteiger partial charge in [0.25, 0.3) is 0 Å². The van der Waals surface area contributed by atoms with Gasteiger partial charge in [-0.25, -0.2) is 4.98 Å². The van der Waals surface area contributed by atoms with Crippen molar-refractivity contribution in [2.45, 2.75) is 66.7 Å². The summed E-state index contributed by atoms with van der Waals surface area (Å²) in [5.74, 6) is 1.14. The average molecular weight is 504 g/mol. The Labute approximate surface area is 224 Å². The Balaban J connectivity index is 2.01. The third-order valence-corrected chi connectivity index (χ3v) is 7.62. The minimum atomic E-state index is 0.917. The quantitative estimate of drug-likeness (QED) is 0.215. The second-order valence-corrected chi connectivity index (χ2v) is 10.4. The van der Waals surface area contributed by atoms with Crippen LogP contribution in [0.5, 0.6) is 0 Å². The minimum absolute atomic E-state index is 0.917. The highest BCUT2D eigenvalue weighted by atomic mass is 32.2. The number of nitrogens with zero attached hydrogens (tertiary/aromatic N) is 2. The number of thioether (sulfide) groups is 1. The van der Waals surface area contributed by atoms with E-state index in [4.69, 9.17) is 0 Å². The molecule has 0 bridgehead atoms. The molecule has 0 aromatic carbocycles. The molecule has 1 N–H and O–H groups in total. The van der Waals surface area contributed by atoms with E-state index in [9.17, 15) is 0 Å². The number of aromatic nitrogens is 1. The van der Waals surface area contributed by atoms with E-state index in [0.717, 1.165) is 55.1 Å². The van der Waals surface area contributed by atoms with Gasteiger partial charge in [-0.3, -0.25) is 0 Å². The van der Waals surface area contributed by atoms with Crippen molar-refractivity contribution < 1.29 is 0 Å². The van der Waals surface area contributed by atoms with Crippen LogP contribution >= 0.6 is 11.8 Å². The monoisotopic (exact) mass is 503 g/mol. The molecule has 0 unspecified atom stereocenters. The van der Waals surface area contributed by atoms with Crippen LogP contribution in [0.1, 0.15) is 65.9 Å². The van der Waals surface area contributed by atoms with Gasteiger partial charge in [0.05, 0.1) is 0 Å². The number of rotatable bonds is 13. The lowest BCUT2D eigenvalue weighted by molar-refractivity contribution is 0.573. The van der Waals surface area contributed by atoms with E-state index < -0.39 is 0 Å². The predicted octanol–water partition coefficient (Wildman–Crippen LogP) is 8.67. The van der Waals surface area contributed by atoms with Crippen LogP contribution in [0.15, 0.2) is 100 Å². The molecule has 194 valence electrons. The topological polar surface area (TPSA) is 28.2 Å². The Morgan fingerprint density at radius 3 is 2.44 bits per heavy atom. The Kier molecular flexibility index (Phi) is 13.2. The molecule has 0 atom stereocenters. The largest absolute Gasteiger partial charge is 0.389 e. The summed E-state index contributed by atoms with van der Waals surface area (Å²) in [6, 6.07) is 4.42. The highest BCUT2D eigenvalue weighted by Gasteiger charge is 2.12. The van der Waals surface area contributed by atoms with Gasteiger partial charge in [0.1, 0.15) is 5.82 Å². The van der Waals surface area contributed by atoms with E-state index in [0.29, 0.717) is 0 Å². The second kappa shape index (κ2) is 16.1.